The van der Waals surface area contributed by atoms with E-state index in [1.807, 2.05) is 37.5 Å². The number of ether oxygens (including phenoxy) is 1. The molecule has 0 spiro atoms. The van der Waals surface area contributed by atoms with Crippen molar-refractivity contribution in [2.75, 3.05) is 18.1 Å². The Bertz CT molecular complexity index is 1280. The van der Waals surface area contributed by atoms with Crippen molar-refractivity contribution in [3.05, 3.63) is 82.8 Å². The number of benzene rings is 2. The third-order valence-corrected chi connectivity index (χ3v) is 5.83. The van der Waals surface area contributed by atoms with Gasteiger partial charge in [-0.05, 0) is 67.6 Å². The number of nitrogens with one attached hydrogen (secondary N) is 1. The Morgan fingerprint density at radius 3 is 2.56 bits per heavy atom. The van der Waals surface area contributed by atoms with E-state index in [0.717, 1.165) is 47.3 Å². The Morgan fingerprint density at radius 2 is 1.82 bits per heavy atom. The van der Waals surface area contributed by atoms with Crippen LogP contribution in [-0.2, 0) is 17.8 Å². The number of carbonyl (C=O) groups is 1. The minimum Gasteiger partial charge on any atom is -0.494 e. The zero-order chi connectivity index (χ0) is 24.1. The summed E-state index contributed by atoms with van der Waals surface area (Å²) in [5, 5.41) is 10.0. The van der Waals surface area contributed by atoms with Crippen LogP contribution in [0.3, 0.4) is 0 Å². The van der Waals surface area contributed by atoms with E-state index in [-0.39, 0.29) is 6.42 Å². The topological polar surface area (TPSA) is 91.3 Å². The molecule has 0 aliphatic rings. The molecule has 0 aliphatic carbocycles. The van der Waals surface area contributed by atoms with E-state index in [1.54, 1.807) is 6.20 Å². The maximum absolute atomic E-state index is 11.1. The van der Waals surface area contributed by atoms with Crippen LogP contribution in [0.2, 0.25) is 0 Å². The molecule has 34 heavy (non-hydrogen) atoms. The highest BCUT2D eigenvalue weighted by Gasteiger charge is 2.13. The molecule has 0 unspecified atom stereocenters. The number of anilines is 1. The third-order valence-electron chi connectivity index (χ3n) is 5.83. The molecule has 0 saturated heterocycles. The van der Waals surface area contributed by atoms with E-state index in [0.29, 0.717) is 12.6 Å². The summed E-state index contributed by atoms with van der Waals surface area (Å²) >= 11 is 0. The summed E-state index contributed by atoms with van der Waals surface area (Å²) < 4.78 is 6.01. The monoisotopic (exact) mass is 458 g/mol. The lowest BCUT2D eigenvalue weighted by molar-refractivity contribution is -0.136. The summed E-state index contributed by atoms with van der Waals surface area (Å²) in [5.74, 6) is 0.582. The molecule has 176 valence electrons. The van der Waals surface area contributed by atoms with Crippen molar-refractivity contribution in [1.82, 2.24) is 15.0 Å². The largest absolute Gasteiger partial charge is 0.494 e. The minimum atomic E-state index is -0.852. The first-order chi connectivity index (χ1) is 16.4. The number of fused-ring (bicyclic) bond motifs is 1. The molecule has 0 radical (unpaired) electrons. The summed E-state index contributed by atoms with van der Waals surface area (Å²) in [6.45, 7) is 8.21. The molecular formula is C27H30N4O3. The van der Waals surface area contributed by atoms with Gasteiger partial charge in [0.25, 0.3) is 0 Å². The highest BCUT2D eigenvalue weighted by atomic mass is 16.5. The van der Waals surface area contributed by atoms with Gasteiger partial charge in [-0.25, -0.2) is 9.97 Å². The average Bonchev–Trinajstić information content (AvgIpc) is 3.19. The van der Waals surface area contributed by atoms with E-state index in [4.69, 9.17) is 9.84 Å². The van der Waals surface area contributed by atoms with Gasteiger partial charge >= 0.3 is 5.97 Å². The van der Waals surface area contributed by atoms with Crippen molar-refractivity contribution in [3.63, 3.8) is 0 Å². The van der Waals surface area contributed by atoms with Crippen molar-refractivity contribution in [3.8, 4) is 5.75 Å². The average molecular weight is 459 g/mol. The zero-order valence-corrected chi connectivity index (χ0v) is 19.8. The van der Waals surface area contributed by atoms with Crippen LogP contribution in [0.25, 0.3) is 10.9 Å². The second kappa shape index (κ2) is 10.4. The molecule has 0 aliphatic heterocycles. The van der Waals surface area contributed by atoms with Gasteiger partial charge < -0.3 is 19.7 Å². The predicted molar refractivity (Wildman–Crippen MR) is 133 cm³/mol. The molecule has 2 aromatic heterocycles. The van der Waals surface area contributed by atoms with E-state index >= 15 is 0 Å². The molecule has 7 heteroatoms. The van der Waals surface area contributed by atoms with Gasteiger partial charge in [-0.2, -0.15) is 0 Å². The summed E-state index contributed by atoms with van der Waals surface area (Å²) in [7, 11) is 0. The number of H-pyrrole nitrogens is 1. The Labute approximate surface area is 199 Å². The standard InChI is InChI=1S/C27H30N4O3/c1-18-5-6-21(20(3)11-18)17-31(27-29-14-19(2)15-30-27)9-4-10-34-23-7-8-25-24(13-23)22(16-28-25)12-26(32)33/h5-8,11,13-16,28H,4,9-10,12,17H2,1-3H3,(H,32,33). The minimum absolute atomic E-state index is 0.0204. The van der Waals surface area contributed by atoms with Crippen LogP contribution in [0.15, 0.2) is 55.0 Å². The molecule has 0 atom stereocenters. The van der Waals surface area contributed by atoms with Gasteiger partial charge in [0, 0.05) is 42.6 Å². The normalized spacial score (nSPS) is 11.0. The number of carboxylic acid groups (broad SMARTS) is 1. The van der Waals surface area contributed by atoms with Crippen LogP contribution in [0.4, 0.5) is 5.95 Å². The zero-order valence-electron chi connectivity index (χ0n) is 19.8. The summed E-state index contributed by atoms with van der Waals surface area (Å²) in [5.41, 5.74) is 6.44. The lowest BCUT2D eigenvalue weighted by Gasteiger charge is -2.24. The van der Waals surface area contributed by atoms with Crippen molar-refractivity contribution in [2.45, 2.75) is 40.2 Å². The van der Waals surface area contributed by atoms with Gasteiger partial charge in [-0.1, -0.05) is 23.8 Å². The molecule has 2 aromatic carbocycles. The molecule has 2 heterocycles. The number of aliphatic carboxylic acids is 1. The first kappa shape index (κ1) is 23.3. The smallest absolute Gasteiger partial charge is 0.307 e. The fourth-order valence-electron chi connectivity index (χ4n) is 4.03. The molecule has 7 nitrogen and oxygen atoms in total. The third kappa shape index (κ3) is 5.73. The Kier molecular flexibility index (Phi) is 7.11. The molecule has 0 bridgehead atoms. The molecule has 4 rings (SSSR count). The van der Waals surface area contributed by atoms with Gasteiger partial charge in [0.2, 0.25) is 5.95 Å². The summed E-state index contributed by atoms with van der Waals surface area (Å²) in [6.07, 6.45) is 6.20. The first-order valence-corrected chi connectivity index (χ1v) is 11.4. The quantitative estimate of drug-likeness (QED) is 0.326. The number of carboxylic acids is 1. The molecule has 0 amide bonds. The van der Waals surface area contributed by atoms with Crippen molar-refractivity contribution >= 4 is 22.8 Å². The van der Waals surface area contributed by atoms with Gasteiger partial charge in [0.15, 0.2) is 0 Å². The van der Waals surface area contributed by atoms with Crippen LogP contribution >= 0.6 is 0 Å². The number of nitrogens with zero attached hydrogens (tertiary/aromatic N) is 3. The lowest BCUT2D eigenvalue weighted by atomic mass is 10.1. The van der Waals surface area contributed by atoms with Crippen molar-refractivity contribution in [2.24, 2.45) is 0 Å². The van der Waals surface area contributed by atoms with Crippen molar-refractivity contribution < 1.29 is 14.6 Å². The Balaban J connectivity index is 1.42. The van der Waals surface area contributed by atoms with Crippen LogP contribution < -0.4 is 9.64 Å². The molecule has 0 fully saturated rings. The highest BCUT2D eigenvalue weighted by Crippen LogP contribution is 2.24. The number of hydrogen-bond acceptors (Lipinski definition) is 5. The van der Waals surface area contributed by atoms with E-state index in [9.17, 15) is 4.79 Å². The molecule has 2 N–H and O–H groups in total. The number of hydrogen-bond donors (Lipinski definition) is 2. The number of rotatable bonds is 10. The molecule has 0 saturated carbocycles. The highest BCUT2D eigenvalue weighted by molar-refractivity contribution is 5.88. The van der Waals surface area contributed by atoms with Gasteiger partial charge in [0.05, 0.1) is 13.0 Å². The van der Waals surface area contributed by atoms with Crippen LogP contribution in [0.5, 0.6) is 5.75 Å². The van der Waals surface area contributed by atoms with Gasteiger partial charge in [0.1, 0.15) is 5.75 Å². The van der Waals surface area contributed by atoms with E-state index < -0.39 is 5.97 Å². The van der Waals surface area contributed by atoms with Crippen molar-refractivity contribution in [1.29, 1.82) is 0 Å². The fraction of sp³-hybridized carbons (Fsp3) is 0.296. The SMILES string of the molecule is Cc1cnc(N(CCCOc2ccc3[nH]cc(CC(=O)O)c3c2)Cc2ccc(C)cc2C)nc1. The second-order valence-electron chi connectivity index (χ2n) is 8.71. The van der Waals surface area contributed by atoms with Crippen LogP contribution in [0.1, 0.15) is 34.2 Å². The lowest BCUT2D eigenvalue weighted by Crippen LogP contribution is -2.27. The van der Waals surface area contributed by atoms with E-state index in [2.05, 4.69) is 51.9 Å². The maximum atomic E-state index is 11.1. The van der Waals surface area contributed by atoms with Gasteiger partial charge in [-0.3, -0.25) is 4.79 Å². The van der Waals surface area contributed by atoms with Gasteiger partial charge in [-0.15, -0.1) is 0 Å². The molecular weight excluding hydrogens is 428 g/mol. The number of aromatic amines is 1. The maximum Gasteiger partial charge on any atom is 0.307 e. The van der Waals surface area contributed by atoms with Crippen LogP contribution in [0, 0.1) is 20.8 Å². The van der Waals surface area contributed by atoms with E-state index in [1.165, 1.54) is 16.7 Å². The summed E-state index contributed by atoms with van der Waals surface area (Å²) in [4.78, 5) is 25.5. The Hall–Kier alpha value is -3.87. The number of aryl methyl sites for hydroxylation is 3. The molecule has 4 aromatic rings. The fourth-order valence-corrected chi connectivity index (χ4v) is 4.03. The second-order valence-corrected chi connectivity index (χ2v) is 8.71. The Morgan fingerprint density at radius 1 is 1.03 bits per heavy atom. The predicted octanol–water partition coefficient (Wildman–Crippen LogP) is 4.99. The summed E-state index contributed by atoms with van der Waals surface area (Å²) in [6, 6.07) is 12.2. The number of aromatic nitrogens is 3. The van der Waals surface area contributed by atoms with Crippen LogP contribution in [-0.4, -0.2) is 39.2 Å². The first-order valence-electron chi connectivity index (χ1n) is 11.4.